The molecular weight excluding hydrogens is 460 g/mol. The molecule has 1 aromatic carbocycles. The summed E-state index contributed by atoms with van der Waals surface area (Å²) in [6.07, 6.45) is 5.33. The lowest BCUT2D eigenvalue weighted by Crippen LogP contribution is -2.45. The largest absolute Gasteiger partial charge is 0.493 e. The molecule has 1 aromatic heterocycles. The molecule has 35 heavy (non-hydrogen) atoms. The number of nitrogens with zero attached hydrogens (tertiary/aromatic N) is 2. The zero-order chi connectivity index (χ0) is 25.6. The predicted octanol–water partition coefficient (Wildman–Crippen LogP) is 5.79. The first kappa shape index (κ1) is 28.7. The van der Waals surface area contributed by atoms with E-state index < -0.39 is 0 Å². The van der Waals surface area contributed by atoms with E-state index in [1.165, 1.54) is 0 Å². The average molecular weight is 503 g/mol. The van der Waals surface area contributed by atoms with Gasteiger partial charge >= 0.3 is 0 Å². The maximum atomic E-state index is 13.5. The quantitative estimate of drug-likeness (QED) is 0.291. The summed E-state index contributed by atoms with van der Waals surface area (Å²) >= 11 is 1.64. The van der Waals surface area contributed by atoms with Crippen molar-refractivity contribution >= 4 is 23.2 Å². The second-order valence-electron chi connectivity index (χ2n) is 8.84. The van der Waals surface area contributed by atoms with Crippen LogP contribution in [0.3, 0.4) is 0 Å². The lowest BCUT2D eigenvalue weighted by molar-refractivity contribution is -0.143. The summed E-state index contributed by atoms with van der Waals surface area (Å²) in [6.45, 7) is 8.11. The molecule has 0 aliphatic carbocycles. The van der Waals surface area contributed by atoms with Gasteiger partial charge in [0.05, 0.1) is 27.3 Å². The standard InChI is InChI=1S/C28H42N2O4S/c1-6-9-11-23(8-3)28(32)30(16-7-2)21-27(31)29(20-24-12-10-18-35-24)17-15-22-13-14-25(33-4)26(19-22)34-5/h10,12-14,18-19,23H,6-9,11,15-17,20-21H2,1-5H3/t23-/m0/s1. The van der Waals surface area contributed by atoms with E-state index in [1.54, 1.807) is 30.5 Å². The summed E-state index contributed by atoms with van der Waals surface area (Å²) in [4.78, 5) is 31.6. The van der Waals surface area contributed by atoms with Crippen LogP contribution >= 0.6 is 11.3 Å². The first-order valence-electron chi connectivity index (χ1n) is 12.8. The highest BCUT2D eigenvalue weighted by Crippen LogP contribution is 2.28. The number of methoxy groups -OCH3 is 2. The molecule has 0 saturated carbocycles. The molecule has 0 bridgehead atoms. The molecule has 1 atom stereocenters. The molecule has 0 aliphatic heterocycles. The van der Waals surface area contributed by atoms with Gasteiger partial charge in [0.1, 0.15) is 0 Å². The maximum absolute atomic E-state index is 13.5. The Kier molecular flexibility index (Phi) is 12.7. The Bertz CT molecular complexity index is 900. The van der Waals surface area contributed by atoms with Gasteiger partial charge in [-0.25, -0.2) is 0 Å². The maximum Gasteiger partial charge on any atom is 0.242 e. The van der Waals surface area contributed by atoms with Crippen molar-refractivity contribution in [3.05, 3.63) is 46.2 Å². The Hall–Kier alpha value is -2.54. The molecule has 0 fully saturated rings. The number of carbonyl (C=O) groups is 2. The summed E-state index contributed by atoms with van der Waals surface area (Å²) in [5, 5.41) is 2.03. The second kappa shape index (κ2) is 15.5. The molecule has 6 nitrogen and oxygen atoms in total. The number of hydrogen-bond donors (Lipinski definition) is 0. The monoisotopic (exact) mass is 502 g/mol. The Morgan fingerprint density at radius 3 is 2.34 bits per heavy atom. The molecule has 0 spiro atoms. The van der Waals surface area contributed by atoms with Gasteiger partial charge in [0, 0.05) is 23.9 Å². The molecule has 0 N–H and O–H groups in total. The van der Waals surface area contributed by atoms with Gasteiger partial charge in [-0.05, 0) is 54.8 Å². The zero-order valence-electron chi connectivity index (χ0n) is 22.0. The van der Waals surface area contributed by atoms with E-state index >= 15 is 0 Å². The first-order valence-corrected chi connectivity index (χ1v) is 13.6. The van der Waals surface area contributed by atoms with Crippen molar-refractivity contribution in [1.82, 2.24) is 9.80 Å². The van der Waals surface area contributed by atoms with Crippen LogP contribution in [0.1, 0.15) is 63.3 Å². The van der Waals surface area contributed by atoms with Crippen LogP contribution in [0.25, 0.3) is 0 Å². The second-order valence-corrected chi connectivity index (χ2v) is 9.87. The Morgan fingerprint density at radius 1 is 0.971 bits per heavy atom. The number of rotatable bonds is 16. The number of benzene rings is 1. The fourth-order valence-corrected chi connectivity index (χ4v) is 4.91. The van der Waals surface area contributed by atoms with E-state index in [0.29, 0.717) is 37.6 Å². The zero-order valence-corrected chi connectivity index (χ0v) is 22.9. The van der Waals surface area contributed by atoms with Crippen molar-refractivity contribution in [2.75, 3.05) is 33.9 Å². The minimum absolute atomic E-state index is 0.00758. The van der Waals surface area contributed by atoms with Crippen molar-refractivity contribution in [3.63, 3.8) is 0 Å². The highest BCUT2D eigenvalue weighted by molar-refractivity contribution is 7.09. The van der Waals surface area contributed by atoms with Crippen molar-refractivity contribution in [3.8, 4) is 11.5 Å². The van der Waals surface area contributed by atoms with Gasteiger partial charge in [-0.15, -0.1) is 11.3 Å². The third-order valence-electron chi connectivity index (χ3n) is 6.28. The van der Waals surface area contributed by atoms with E-state index in [9.17, 15) is 9.59 Å². The van der Waals surface area contributed by atoms with Crippen LogP contribution in [0, 0.1) is 5.92 Å². The molecule has 1 heterocycles. The van der Waals surface area contributed by atoms with Crippen LogP contribution in [0.2, 0.25) is 0 Å². The van der Waals surface area contributed by atoms with Crippen LogP contribution in [0.4, 0.5) is 0 Å². The first-order chi connectivity index (χ1) is 17.0. The van der Waals surface area contributed by atoms with E-state index in [4.69, 9.17) is 9.47 Å². The van der Waals surface area contributed by atoms with Crippen molar-refractivity contribution in [1.29, 1.82) is 0 Å². The third-order valence-corrected chi connectivity index (χ3v) is 7.14. The molecule has 0 radical (unpaired) electrons. The normalized spacial score (nSPS) is 11.7. The third kappa shape index (κ3) is 8.88. The molecule has 0 aliphatic rings. The lowest BCUT2D eigenvalue weighted by Gasteiger charge is -2.30. The number of unbranched alkanes of at least 4 members (excludes halogenated alkanes) is 1. The minimum Gasteiger partial charge on any atom is -0.493 e. The smallest absolute Gasteiger partial charge is 0.242 e. The van der Waals surface area contributed by atoms with E-state index in [-0.39, 0.29) is 24.3 Å². The van der Waals surface area contributed by atoms with Gasteiger partial charge in [-0.1, -0.05) is 45.7 Å². The van der Waals surface area contributed by atoms with Crippen molar-refractivity contribution in [2.24, 2.45) is 5.92 Å². The lowest BCUT2D eigenvalue weighted by atomic mass is 9.97. The van der Waals surface area contributed by atoms with E-state index in [1.807, 2.05) is 40.6 Å². The van der Waals surface area contributed by atoms with Crippen LogP contribution in [-0.2, 0) is 22.6 Å². The van der Waals surface area contributed by atoms with E-state index in [2.05, 4.69) is 20.8 Å². The van der Waals surface area contributed by atoms with Gasteiger partial charge in [-0.2, -0.15) is 0 Å². The number of thiophene rings is 1. The fraction of sp³-hybridized carbons (Fsp3) is 0.571. The number of amides is 2. The molecule has 7 heteroatoms. The Labute approximate surface area is 215 Å². The molecule has 0 unspecified atom stereocenters. The highest BCUT2D eigenvalue weighted by atomic mass is 32.1. The van der Waals surface area contributed by atoms with Crippen LogP contribution in [-0.4, -0.2) is 55.5 Å². The highest BCUT2D eigenvalue weighted by Gasteiger charge is 2.26. The van der Waals surface area contributed by atoms with Gasteiger partial charge in [0.15, 0.2) is 11.5 Å². The molecule has 194 valence electrons. The molecule has 2 amide bonds. The average Bonchev–Trinajstić information content (AvgIpc) is 3.39. The van der Waals surface area contributed by atoms with Crippen LogP contribution in [0.5, 0.6) is 11.5 Å². The van der Waals surface area contributed by atoms with Crippen molar-refractivity contribution in [2.45, 2.75) is 65.8 Å². The van der Waals surface area contributed by atoms with Gasteiger partial charge < -0.3 is 19.3 Å². The molecular formula is C28H42N2O4S. The summed E-state index contributed by atoms with van der Waals surface area (Å²) in [6, 6.07) is 9.90. The minimum atomic E-state index is -0.00831. The molecule has 2 rings (SSSR count). The number of ether oxygens (including phenoxy) is 2. The summed E-state index contributed by atoms with van der Waals surface area (Å²) in [7, 11) is 3.24. The van der Waals surface area contributed by atoms with Crippen LogP contribution < -0.4 is 9.47 Å². The number of carbonyl (C=O) groups excluding carboxylic acids is 2. The van der Waals surface area contributed by atoms with Gasteiger partial charge in [0.25, 0.3) is 0 Å². The van der Waals surface area contributed by atoms with Gasteiger partial charge in [-0.3, -0.25) is 9.59 Å². The van der Waals surface area contributed by atoms with Gasteiger partial charge in [0.2, 0.25) is 11.8 Å². The van der Waals surface area contributed by atoms with Crippen LogP contribution in [0.15, 0.2) is 35.7 Å². The predicted molar refractivity (Wildman–Crippen MR) is 143 cm³/mol. The number of hydrogen-bond acceptors (Lipinski definition) is 5. The Morgan fingerprint density at radius 2 is 1.74 bits per heavy atom. The summed E-state index contributed by atoms with van der Waals surface area (Å²) in [5.41, 5.74) is 1.07. The SMILES string of the molecule is CCCC[C@H](CC)C(=O)N(CCC)CC(=O)N(CCc1ccc(OC)c(OC)c1)Cc1cccs1. The fourth-order valence-electron chi connectivity index (χ4n) is 4.19. The summed E-state index contributed by atoms with van der Waals surface area (Å²) < 4.78 is 10.8. The Balaban J connectivity index is 2.15. The summed E-state index contributed by atoms with van der Waals surface area (Å²) in [5.74, 6) is 1.47. The van der Waals surface area contributed by atoms with E-state index in [0.717, 1.165) is 42.5 Å². The van der Waals surface area contributed by atoms with Crippen molar-refractivity contribution < 1.29 is 19.1 Å². The topological polar surface area (TPSA) is 59.1 Å². The molecule has 0 saturated heterocycles. The molecule has 2 aromatic rings.